The lowest BCUT2D eigenvalue weighted by Crippen LogP contribution is -2.33. The molecule has 2 rings (SSSR count). The number of likely N-dealkylation sites (tertiary alicyclic amines) is 1. The van der Waals surface area contributed by atoms with Crippen molar-refractivity contribution in [2.75, 3.05) is 13.1 Å². The van der Waals surface area contributed by atoms with Crippen LogP contribution in [0.1, 0.15) is 17.9 Å². The Bertz CT molecular complexity index is 323. The number of nitrogens with zero attached hydrogens (tertiary/aromatic N) is 1. The number of nitrogens with two attached hydrogens (primary N) is 1. The first kappa shape index (κ1) is 9.46. The first-order valence-electron chi connectivity index (χ1n) is 4.86. The summed E-state index contributed by atoms with van der Waals surface area (Å²) in [4.78, 5) is 2.08. The summed E-state index contributed by atoms with van der Waals surface area (Å²) in [6.45, 7) is 1.97. The Hall–Kier alpha value is -1.09. The van der Waals surface area contributed by atoms with E-state index in [4.69, 9.17) is 18.0 Å². The predicted octanol–water partition coefficient (Wildman–Crippen LogP) is 1.72. The summed E-state index contributed by atoms with van der Waals surface area (Å²) in [7, 11) is 0. The third-order valence-corrected chi connectivity index (χ3v) is 3.03. The summed E-state index contributed by atoms with van der Waals surface area (Å²) in [5.41, 5.74) is 6.99. The van der Waals surface area contributed by atoms with Crippen molar-refractivity contribution in [1.82, 2.24) is 4.90 Å². The van der Waals surface area contributed by atoms with Gasteiger partial charge < -0.3 is 10.6 Å². The average Bonchev–Trinajstić information content (AvgIpc) is 2.68. The molecule has 1 saturated heterocycles. The van der Waals surface area contributed by atoms with Crippen LogP contribution in [-0.4, -0.2) is 23.1 Å². The molecule has 0 spiro atoms. The molecule has 1 aromatic rings. The maximum absolute atomic E-state index is 5.60. The largest absolute Gasteiger partial charge is 0.376 e. The number of thiocarbonyl (C=S) groups is 1. The second-order valence-electron chi connectivity index (χ2n) is 3.68. The molecule has 0 bridgehead atoms. The van der Waals surface area contributed by atoms with E-state index < -0.39 is 0 Å². The fourth-order valence-electron chi connectivity index (χ4n) is 1.96. The van der Waals surface area contributed by atoms with Crippen molar-refractivity contribution in [3.8, 4) is 0 Å². The lowest BCUT2D eigenvalue weighted by molar-refractivity contribution is 0.514. The third kappa shape index (κ3) is 1.87. The van der Waals surface area contributed by atoms with E-state index in [1.165, 1.54) is 5.56 Å². The summed E-state index contributed by atoms with van der Waals surface area (Å²) in [6.07, 6.45) is 1.15. The minimum absolute atomic E-state index is 0.531. The molecular formula is C11H14N2S. The minimum atomic E-state index is 0.531. The normalized spacial score (nSPS) is 21.1. The molecule has 2 nitrogen and oxygen atoms in total. The van der Waals surface area contributed by atoms with Gasteiger partial charge in [0.15, 0.2) is 5.11 Å². The van der Waals surface area contributed by atoms with E-state index in [0.717, 1.165) is 19.5 Å². The van der Waals surface area contributed by atoms with Crippen molar-refractivity contribution in [3.63, 3.8) is 0 Å². The molecule has 2 N–H and O–H groups in total. The third-order valence-electron chi connectivity index (χ3n) is 2.77. The van der Waals surface area contributed by atoms with E-state index in [1.54, 1.807) is 0 Å². The lowest BCUT2D eigenvalue weighted by atomic mass is 9.99. The van der Waals surface area contributed by atoms with Gasteiger partial charge in [0.2, 0.25) is 0 Å². The maximum Gasteiger partial charge on any atom is 0.166 e. The van der Waals surface area contributed by atoms with Gasteiger partial charge in [0.25, 0.3) is 0 Å². The fraction of sp³-hybridized carbons (Fsp3) is 0.364. The molecule has 0 radical (unpaired) electrons. The van der Waals surface area contributed by atoms with Gasteiger partial charge in [-0.25, -0.2) is 0 Å². The van der Waals surface area contributed by atoms with Crippen molar-refractivity contribution < 1.29 is 0 Å². The van der Waals surface area contributed by atoms with Gasteiger partial charge in [-0.05, 0) is 24.2 Å². The highest BCUT2D eigenvalue weighted by atomic mass is 32.1. The van der Waals surface area contributed by atoms with Crippen LogP contribution in [0, 0.1) is 0 Å². The molecule has 1 aliphatic rings. The quantitative estimate of drug-likeness (QED) is 0.709. The van der Waals surface area contributed by atoms with Crippen molar-refractivity contribution in [3.05, 3.63) is 35.9 Å². The maximum atomic E-state index is 5.60. The Balaban J connectivity index is 2.06. The second kappa shape index (κ2) is 3.96. The molecule has 0 saturated carbocycles. The molecule has 1 aromatic carbocycles. The summed E-state index contributed by atoms with van der Waals surface area (Å²) >= 11 is 4.96. The molecule has 14 heavy (non-hydrogen) atoms. The van der Waals surface area contributed by atoms with Gasteiger partial charge in [0.1, 0.15) is 0 Å². The Morgan fingerprint density at radius 2 is 2.07 bits per heavy atom. The summed E-state index contributed by atoms with van der Waals surface area (Å²) < 4.78 is 0. The Kier molecular flexibility index (Phi) is 2.68. The number of rotatable bonds is 1. The van der Waals surface area contributed by atoms with Gasteiger partial charge in [0, 0.05) is 19.0 Å². The molecule has 0 unspecified atom stereocenters. The molecular weight excluding hydrogens is 192 g/mol. The first-order valence-corrected chi connectivity index (χ1v) is 5.27. The van der Waals surface area contributed by atoms with Gasteiger partial charge in [-0.3, -0.25) is 0 Å². The SMILES string of the molecule is NC(=S)N1CC[C@H](c2ccccc2)C1. The van der Waals surface area contributed by atoms with Gasteiger partial charge in [-0.2, -0.15) is 0 Å². The van der Waals surface area contributed by atoms with Crippen LogP contribution in [-0.2, 0) is 0 Å². The molecule has 1 atom stereocenters. The Labute approximate surface area is 89.7 Å². The zero-order valence-electron chi connectivity index (χ0n) is 8.02. The van der Waals surface area contributed by atoms with E-state index >= 15 is 0 Å². The molecule has 0 amide bonds. The Morgan fingerprint density at radius 1 is 1.36 bits per heavy atom. The molecule has 1 aliphatic heterocycles. The van der Waals surface area contributed by atoms with Crippen LogP contribution in [0.25, 0.3) is 0 Å². The average molecular weight is 206 g/mol. The van der Waals surface area contributed by atoms with Crippen molar-refractivity contribution in [2.45, 2.75) is 12.3 Å². The number of benzene rings is 1. The smallest absolute Gasteiger partial charge is 0.166 e. The zero-order valence-corrected chi connectivity index (χ0v) is 8.83. The van der Waals surface area contributed by atoms with Crippen LogP contribution in [0.3, 0.4) is 0 Å². The van der Waals surface area contributed by atoms with Crippen molar-refractivity contribution in [1.29, 1.82) is 0 Å². The highest BCUT2D eigenvalue weighted by molar-refractivity contribution is 7.80. The second-order valence-corrected chi connectivity index (χ2v) is 4.10. The summed E-state index contributed by atoms with van der Waals surface area (Å²) in [5.74, 6) is 0.595. The van der Waals surface area contributed by atoms with Crippen LogP contribution in [0.15, 0.2) is 30.3 Å². The molecule has 74 valence electrons. The molecule has 3 heteroatoms. The lowest BCUT2D eigenvalue weighted by Gasteiger charge is -2.15. The molecule has 1 heterocycles. The van der Waals surface area contributed by atoms with Gasteiger partial charge in [-0.1, -0.05) is 30.3 Å². The van der Waals surface area contributed by atoms with E-state index in [-0.39, 0.29) is 0 Å². The van der Waals surface area contributed by atoms with Crippen LogP contribution >= 0.6 is 12.2 Å². The fourth-order valence-corrected chi connectivity index (χ4v) is 2.12. The highest BCUT2D eigenvalue weighted by Crippen LogP contribution is 2.26. The summed E-state index contributed by atoms with van der Waals surface area (Å²) in [5, 5.41) is 0.531. The van der Waals surface area contributed by atoms with E-state index in [9.17, 15) is 0 Å². The van der Waals surface area contributed by atoms with Gasteiger partial charge in [0.05, 0.1) is 0 Å². The number of hydrogen-bond acceptors (Lipinski definition) is 1. The van der Waals surface area contributed by atoms with Crippen LogP contribution in [0.2, 0.25) is 0 Å². The van der Waals surface area contributed by atoms with E-state index in [1.807, 2.05) is 6.07 Å². The van der Waals surface area contributed by atoms with Crippen LogP contribution in [0.4, 0.5) is 0 Å². The standard InChI is InChI=1S/C11H14N2S/c12-11(14)13-7-6-10(8-13)9-4-2-1-3-5-9/h1-5,10H,6-8H2,(H2,12,14)/t10-/m0/s1. The van der Waals surface area contributed by atoms with E-state index in [2.05, 4.69) is 29.2 Å². The highest BCUT2D eigenvalue weighted by Gasteiger charge is 2.23. The zero-order chi connectivity index (χ0) is 9.97. The minimum Gasteiger partial charge on any atom is -0.376 e. The molecule has 0 aliphatic carbocycles. The predicted molar refractivity (Wildman–Crippen MR) is 62.2 cm³/mol. The monoisotopic (exact) mass is 206 g/mol. The molecule has 1 fully saturated rings. The first-order chi connectivity index (χ1) is 6.77. The van der Waals surface area contributed by atoms with Gasteiger partial charge >= 0.3 is 0 Å². The van der Waals surface area contributed by atoms with Crippen LogP contribution < -0.4 is 5.73 Å². The van der Waals surface area contributed by atoms with Crippen molar-refractivity contribution in [2.24, 2.45) is 5.73 Å². The van der Waals surface area contributed by atoms with Crippen molar-refractivity contribution >= 4 is 17.3 Å². The van der Waals surface area contributed by atoms with Gasteiger partial charge in [-0.15, -0.1) is 0 Å². The Morgan fingerprint density at radius 3 is 2.64 bits per heavy atom. The topological polar surface area (TPSA) is 29.3 Å². The molecule has 0 aromatic heterocycles. The number of hydrogen-bond donors (Lipinski definition) is 1. The summed E-state index contributed by atoms with van der Waals surface area (Å²) in [6, 6.07) is 10.6. The van der Waals surface area contributed by atoms with E-state index in [0.29, 0.717) is 11.0 Å². The van der Waals surface area contributed by atoms with Crippen LogP contribution in [0.5, 0.6) is 0 Å².